The molecule has 31 heavy (non-hydrogen) atoms. The molecule has 6 heteroatoms. The molecule has 0 bridgehead atoms. The fraction of sp³-hybridized carbons (Fsp3) is 0.160. The summed E-state index contributed by atoms with van der Waals surface area (Å²) in [7, 11) is 0. The highest BCUT2D eigenvalue weighted by atomic mass is 16.5. The Morgan fingerprint density at radius 3 is 2.87 bits per heavy atom. The van der Waals surface area contributed by atoms with E-state index in [1.54, 1.807) is 6.07 Å². The molecule has 3 aromatic rings. The highest BCUT2D eigenvalue weighted by molar-refractivity contribution is 5.97. The molecule has 1 aromatic heterocycles. The van der Waals surface area contributed by atoms with Gasteiger partial charge in [0.2, 0.25) is 11.8 Å². The quantitative estimate of drug-likeness (QED) is 0.626. The van der Waals surface area contributed by atoms with Gasteiger partial charge in [0, 0.05) is 37.6 Å². The fourth-order valence-corrected chi connectivity index (χ4v) is 3.30. The van der Waals surface area contributed by atoms with Crippen molar-refractivity contribution in [2.45, 2.75) is 19.3 Å². The second-order valence-corrected chi connectivity index (χ2v) is 7.11. The molecule has 0 saturated carbocycles. The summed E-state index contributed by atoms with van der Waals surface area (Å²) in [6.07, 6.45) is 8.98. The molecule has 6 nitrogen and oxygen atoms in total. The molecule has 2 N–H and O–H groups in total. The van der Waals surface area contributed by atoms with Gasteiger partial charge in [0.1, 0.15) is 11.5 Å². The van der Waals surface area contributed by atoms with Gasteiger partial charge >= 0.3 is 0 Å². The number of ketones is 1. The molecule has 2 heterocycles. The molecule has 4 rings (SSSR count). The fourth-order valence-electron chi connectivity index (χ4n) is 3.30. The minimum Gasteiger partial charge on any atom is -0.493 e. The molecular weight excluding hydrogens is 390 g/mol. The molecule has 0 radical (unpaired) electrons. The van der Waals surface area contributed by atoms with Gasteiger partial charge in [-0.05, 0) is 22.8 Å². The highest BCUT2D eigenvalue weighted by Gasteiger charge is 2.16. The molecule has 0 unspecified atom stereocenters. The van der Waals surface area contributed by atoms with E-state index < -0.39 is 0 Å². The first kappa shape index (κ1) is 20.3. The molecule has 0 amide bonds. The maximum Gasteiger partial charge on any atom is 0.224 e. The Kier molecular flexibility index (Phi) is 6.38. The van der Waals surface area contributed by atoms with E-state index in [1.807, 2.05) is 66.8 Å². The van der Waals surface area contributed by atoms with Gasteiger partial charge in [-0.15, -0.1) is 0 Å². The third-order valence-corrected chi connectivity index (χ3v) is 4.83. The van der Waals surface area contributed by atoms with Crippen LogP contribution < -0.4 is 15.2 Å². The Hall–Kier alpha value is -3.93. The van der Waals surface area contributed by atoms with E-state index in [1.165, 1.54) is 6.20 Å². The molecule has 0 atom stereocenters. The van der Waals surface area contributed by atoms with Crippen molar-refractivity contribution >= 4 is 17.8 Å². The number of rotatable bonds is 6. The predicted octanol–water partition coefficient (Wildman–Crippen LogP) is 4.78. The van der Waals surface area contributed by atoms with Crippen LogP contribution in [0.5, 0.6) is 17.4 Å². The topological polar surface area (TPSA) is 87.3 Å². The van der Waals surface area contributed by atoms with Gasteiger partial charge in [0.25, 0.3) is 0 Å². The van der Waals surface area contributed by atoms with Crippen molar-refractivity contribution in [3.63, 3.8) is 0 Å². The van der Waals surface area contributed by atoms with E-state index >= 15 is 0 Å². The van der Waals surface area contributed by atoms with Crippen LogP contribution in [0.25, 0.3) is 6.08 Å². The van der Waals surface area contributed by atoms with Crippen molar-refractivity contribution in [1.29, 1.82) is 0 Å². The van der Waals surface area contributed by atoms with E-state index in [4.69, 9.17) is 15.2 Å². The number of benzene rings is 2. The van der Waals surface area contributed by atoms with Crippen LogP contribution in [0.1, 0.15) is 24.0 Å². The van der Waals surface area contributed by atoms with Gasteiger partial charge in [-0.25, -0.2) is 4.98 Å². The zero-order valence-corrected chi connectivity index (χ0v) is 17.0. The lowest BCUT2D eigenvalue weighted by molar-refractivity contribution is -0.114. The minimum atomic E-state index is 0.122. The lowest BCUT2D eigenvalue weighted by atomic mass is 9.97. The van der Waals surface area contributed by atoms with Crippen molar-refractivity contribution in [2.75, 3.05) is 12.3 Å². The van der Waals surface area contributed by atoms with E-state index in [0.29, 0.717) is 43.2 Å². The van der Waals surface area contributed by atoms with Gasteiger partial charge in [0.15, 0.2) is 5.78 Å². The number of nitrogens with two attached hydrogens (primary N) is 1. The number of carbonyl (C=O) groups is 1. The monoisotopic (exact) mass is 413 g/mol. The maximum absolute atomic E-state index is 12.8. The number of aromatic nitrogens is 2. The number of carbonyl (C=O) groups excluding carboxylic acids is 1. The number of nitrogen functional groups attached to an aromatic ring is 1. The average Bonchev–Trinajstić information content (AvgIpc) is 2.75. The molecule has 0 aliphatic carbocycles. The summed E-state index contributed by atoms with van der Waals surface area (Å²) in [5.74, 6) is 1.92. The number of ether oxygens (including phenoxy) is 2. The number of nitrogens with zero attached hydrogens (tertiary/aromatic N) is 2. The van der Waals surface area contributed by atoms with Crippen LogP contribution in [0, 0.1) is 0 Å². The van der Waals surface area contributed by atoms with Crippen molar-refractivity contribution in [3.05, 3.63) is 89.6 Å². The largest absolute Gasteiger partial charge is 0.493 e. The van der Waals surface area contributed by atoms with Gasteiger partial charge in [-0.1, -0.05) is 54.6 Å². The number of Topliss-reactive ketones (excluding diaryl/α,β-unsaturated/α-hetero) is 1. The van der Waals surface area contributed by atoms with Gasteiger partial charge in [0.05, 0.1) is 6.61 Å². The van der Waals surface area contributed by atoms with Gasteiger partial charge < -0.3 is 15.2 Å². The van der Waals surface area contributed by atoms with Crippen LogP contribution in [0.2, 0.25) is 0 Å². The normalized spacial score (nSPS) is 13.5. The number of anilines is 1. The second kappa shape index (κ2) is 9.71. The number of allylic oxidation sites excluding steroid dienone is 2. The van der Waals surface area contributed by atoms with E-state index in [9.17, 15) is 4.79 Å². The van der Waals surface area contributed by atoms with Gasteiger partial charge in [-0.2, -0.15) is 4.98 Å². The molecular formula is C25H23N3O3. The maximum atomic E-state index is 12.8. The lowest BCUT2D eigenvalue weighted by Gasteiger charge is -2.17. The summed E-state index contributed by atoms with van der Waals surface area (Å²) in [5.41, 5.74) is 8.43. The van der Waals surface area contributed by atoms with Crippen LogP contribution in [0.15, 0.2) is 78.5 Å². The van der Waals surface area contributed by atoms with Crippen molar-refractivity contribution in [3.8, 4) is 17.4 Å². The van der Waals surface area contributed by atoms with Crippen LogP contribution in [-0.4, -0.2) is 22.4 Å². The Morgan fingerprint density at radius 2 is 2.03 bits per heavy atom. The zero-order valence-electron chi connectivity index (χ0n) is 17.0. The summed E-state index contributed by atoms with van der Waals surface area (Å²) < 4.78 is 11.7. The smallest absolute Gasteiger partial charge is 0.224 e. The molecule has 1 aliphatic heterocycles. The Morgan fingerprint density at radius 1 is 1.16 bits per heavy atom. The first-order valence-electron chi connectivity index (χ1n) is 10.1. The Bertz CT molecular complexity index is 1120. The molecule has 0 fully saturated rings. The SMILES string of the molecule is Nc1nccc(Oc2ccc3c(c2)OCCC=C(C(=O)C/C=C/c2ccccc2)C3)n1. The van der Waals surface area contributed by atoms with E-state index in [0.717, 1.165) is 16.7 Å². The molecule has 2 aromatic carbocycles. The zero-order chi connectivity index (χ0) is 21.5. The average molecular weight is 413 g/mol. The van der Waals surface area contributed by atoms with Crippen molar-refractivity contribution < 1.29 is 14.3 Å². The number of hydrogen-bond donors (Lipinski definition) is 1. The third kappa shape index (κ3) is 5.57. The van der Waals surface area contributed by atoms with Crippen LogP contribution in [-0.2, 0) is 11.2 Å². The van der Waals surface area contributed by atoms with E-state index in [-0.39, 0.29) is 11.7 Å². The summed E-state index contributed by atoms with van der Waals surface area (Å²) in [6, 6.07) is 17.2. The summed E-state index contributed by atoms with van der Waals surface area (Å²) in [5, 5.41) is 0. The second-order valence-electron chi connectivity index (χ2n) is 7.11. The predicted molar refractivity (Wildman–Crippen MR) is 120 cm³/mol. The van der Waals surface area contributed by atoms with Crippen molar-refractivity contribution in [1.82, 2.24) is 9.97 Å². The molecule has 1 aliphatic rings. The van der Waals surface area contributed by atoms with Crippen LogP contribution >= 0.6 is 0 Å². The molecule has 156 valence electrons. The van der Waals surface area contributed by atoms with E-state index in [2.05, 4.69) is 9.97 Å². The Balaban J connectivity index is 1.45. The number of fused-ring (bicyclic) bond motifs is 1. The minimum absolute atomic E-state index is 0.122. The third-order valence-electron chi connectivity index (χ3n) is 4.83. The number of hydrogen-bond acceptors (Lipinski definition) is 6. The highest BCUT2D eigenvalue weighted by Crippen LogP contribution is 2.31. The summed E-state index contributed by atoms with van der Waals surface area (Å²) >= 11 is 0. The van der Waals surface area contributed by atoms with Crippen LogP contribution in [0.4, 0.5) is 5.95 Å². The first-order chi connectivity index (χ1) is 15.2. The standard InChI is InChI=1S/C25H23N3O3/c26-25-27-14-13-24(28-25)31-21-12-11-20-16-19(9-5-15-30-23(20)17-21)22(29)10-4-8-18-6-2-1-3-7-18/h1-4,6-9,11-14,17H,5,10,15-16H2,(H2,26,27,28)/b8-4+,19-9?. The Labute approximate surface area is 181 Å². The first-order valence-corrected chi connectivity index (χ1v) is 10.1. The molecule has 0 saturated heterocycles. The molecule has 0 spiro atoms. The summed E-state index contributed by atoms with van der Waals surface area (Å²) in [4.78, 5) is 20.7. The lowest BCUT2D eigenvalue weighted by Crippen LogP contribution is -2.10. The van der Waals surface area contributed by atoms with Crippen molar-refractivity contribution in [2.24, 2.45) is 0 Å². The van der Waals surface area contributed by atoms with Crippen LogP contribution in [0.3, 0.4) is 0 Å². The summed E-state index contributed by atoms with van der Waals surface area (Å²) in [6.45, 7) is 0.494. The van der Waals surface area contributed by atoms with Gasteiger partial charge in [-0.3, -0.25) is 4.79 Å².